The third-order valence-electron chi connectivity index (χ3n) is 3.65. The summed E-state index contributed by atoms with van der Waals surface area (Å²) in [5, 5.41) is 2.10. The molecule has 1 aromatic rings. The summed E-state index contributed by atoms with van der Waals surface area (Å²) in [5.74, 6) is -1.07. The lowest BCUT2D eigenvalue weighted by Gasteiger charge is -2.33. The van der Waals surface area contributed by atoms with Crippen molar-refractivity contribution in [2.24, 2.45) is 0 Å². The Hall–Kier alpha value is -1.92. The number of halogens is 4. The first-order valence-corrected chi connectivity index (χ1v) is 8.60. The summed E-state index contributed by atoms with van der Waals surface area (Å²) in [4.78, 5) is 13.3. The Balaban J connectivity index is 2.07. The number of carbonyl (C=O) groups is 1. The number of anilines is 1. The Kier molecular flexibility index (Phi) is 5.54. The fourth-order valence-electron chi connectivity index (χ4n) is 2.31. The molecule has 1 fully saturated rings. The number of urea groups is 1. The van der Waals surface area contributed by atoms with Crippen LogP contribution in [0.4, 0.5) is 28.0 Å². The molecule has 0 aliphatic carbocycles. The van der Waals surface area contributed by atoms with Gasteiger partial charge in [-0.2, -0.15) is 25.9 Å². The highest BCUT2D eigenvalue weighted by atomic mass is 32.2. The van der Waals surface area contributed by atoms with E-state index in [1.165, 1.54) is 11.9 Å². The number of alkyl halides is 3. The number of amides is 2. The molecule has 7 nitrogen and oxygen atoms in total. The highest BCUT2D eigenvalue weighted by Crippen LogP contribution is 2.35. The molecule has 1 aliphatic heterocycles. The maximum atomic E-state index is 13.1. The van der Waals surface area contributed by atoms with Crippen molar-refractivity contribution in [1.82, 2.24) is 13.9 Å². The van der Waals surface area contributed by atoms with Gasteiger partial charge >= 0.3 is 12.2 Å². The molecule has 25 heavy (non-hydrogen) atoms. The van der Waals surface area contributed by atoms with E-state index in [0.717, 1.165) is 16.4 Å². The van der Waals surface area contributed by atoms with E-state index in [-0.39, 0.29) is 26.2 Å². The Labute approximate surface area is 141 Å². The summed E-state index contributed by atoms with van der Waals surface area (Å²) in [6.07, 6.45) is -4.83. The molecule has 1 heterocycles. The van der Waals surface area contributed by atoms with E-state index in [1.807, 2.05) is 0 Å². The maximum absolute atomic E-state index is 13.1. The van der Waals surface area contributed by atoms with Crippen molar-refractivity contribution < 1.29 is 30.8 Å². The molecule has 0 radical (unpaired) electrons. The van der Waals surface area contributed by atoms with E-state index in [9.17, 15) is 30.8 Å². The number of benzene rings is 1. The number of carbonyl (C=O) groups excluding carboxylic acids is 1. The summed E-state index contributed by atoms with van der Waals surface area (Å²) in [6.45, 7) is 0.0306. The first-order chi connectivity index (χ1) is 11.5. The number of hydrogen-bond acceptors (Lipinski definition) is 3. The number of rotatable bonds is 3. The Morgan fingerprint density at radius 3 is 2.28 bits per heavy atom. The highest BCUT2D eigenvalue weighted by Gasteiger charge is 2.35. The van der Waals surface area contributed by atoms with Gasteiger partial charge in [0, 0.05) is 33.2 Å². The van der Waals surface area contributed by atoms with Crippen LogP contribution in [-0.2, 0) is 16.4 Å². The Bertz CT molecular complexity index is 746. The molecule has 0 saturated carbocycles. The van der Waals surface area contributed by atoms with Crippen LogP contribution in [0.25, 0.3) is 0 Å². The smallest absolute Gasteiger partial charge is 0.322 e. The lowest BCUT2D eigenvalue weighted by Crippen LogP contribution is -2.53. The van der Waals surface area contributed by atoms with Gasteiger partial charge in [-0.15, -0.1) is 0 Å². The van der Waals surface area contributed by atoms with Gasteiger partial charge in [-0.25, -0.2) is 13.9 Å². The number of nitrogens with zero attached hydrogens (tertiary/aromatic N) is 2. The monoisotopic (exact) mass is 384 g/mol. The molecule has 0 unspecified atom stereocenters. The molecular weight excluding hydrogens is 368 g/mol. The van der Waals surface area contributed by atoms with Crippen molar-refractivity contribution in [2.45, 2.75) is 6.18 Å². The number of piperazine rings is 1. The molecule has 12 heteroatoms. The summed E-state index contributed by atoms with van der Waals surface area (Å²) >= 11 is 0. The minimum absolute atomic E-state index is 0.00609. The third kappa shape index (κ3) is 4.58. The van der Waals surface area contributed by atoms with Crippen molar-refractivity contribution >= 4 is 21.9 Å². The normalized spacial score (nSPS) is 16.8. The van der Waals surface area contributed by atoms with Gasteiger partial charge in [-0.05, 0) is 18.2 Å². The van der Waals surface area contributed by atoms with Crippen LogP contribution in [0.3, 0.4) is 0 Å². The average molecular weight is 384 g/mol. The molecular formula is C13H16F4N4O3S. The lowest BCUT2D eigenvalue weighted by molar-refractivity contribution is -0.137. The lowest BCUT2D eigenvalue weighted by atomic mass is 10.1. The molecule has 1 aliphatic rings. The van der Waals surface area contributed by atoms with E-state index >= 15 is 0 Å². The average Bonchev–Trinajstić information content (AvgIpc) is 2.55. The summed E-state index contributed by atoms with van der Waals surface area (Å²) in [6, 6.07) is 1.12. The first kappa shape index (κ1) is 19.4. The summed E-state index contributed by atoms with van der Waals surface area (Å²) in [7, 11) is -2.37. The van der Waals surface area contributed by atoms with Crippen LogP contribution in [0.1, 0.15) is 5.56 Å². The number of hydrogen-bond donors (Lipinski definition) is 2. The summed E-state index contributed by atoms with van der Waals surface area (Å²) < 4.78 is 78.4. The van der Waals surface area contributed by atoms with Gasteiger partial charge in [0.1, 0.15) is 5.82 Å². The zero-order valence-electron chi connectivity index (χ0n) is 13.1. The molecule has 0 aromatic heterocycles. The third-order valence-corrected chi connectivity index (χ3v) is 5.21. The van der Waals surface area contributed by atoms with Crippen LogP contribution >= 0.6 is 0 Å². The van der Waals surface area contributed by atoms with Crippen LogP contribution < -0.4 is 10.0 Å². The molecule has 140 valence electrons. The zero-order valence-corrected chi connectivity index (χ0v) is 13.9. The standard InChI is InChI=1S/C13H16F4N4O3S/c1-18-25(23,24)21-6-4-20(5-7-21)12(22)19-11-3-2-9(14)8-10(11)13(15,16)17/h2-3,8,18H,4-7H2,1H3,(H,19,22). The maximum Gasteiger partial charge on any atom is 0.418 e. The molecule has 1 saturated heterocycles. The van der Waals surface area contributed by atoms with Gasteiger partial charge in [0.25, 0.3) is 10.2 Å². The van der Waals surface area contributed by atoms with Gasteiger partial charge < -0.3 is 10.2 Å². The van der Waals surface area contributed by atoms with Gasteiger partial charge in [0.05, 0.1) is 11.3 Å². The zero-order chi connectivity index (χ0) is 18.8. The van der Waals surface area contributed by atoms with Crippen LogP contribution in [0.5, 0.6) is 0 Å². The fourth-order valence-corrected chi connectivity index (χ4v) is 3.22. The van der Waals surface area contributed by atoms with Gasteiger partial charge in [-0.3, -0.25) is 0 Å². The van der Waals surface area contributed by atoms with E-state index < -0.39 is 39.5 Å². The van der Waals surface area contributed by atoms with Crippen LogP contribution in [-0.4, -0.2) is 56.9 Å². The second-order valence-electron chi connectivity index (χ2n) is 5.21. The molecule has 2 N–H and O–H groups in total. The topological polar surface area (TPSA) is 81.8 Å². The van der Waals surface area contributed by atoms with Crippen LogP contribution in [0.2, 0.25) is 0 Å². The minimum Gasteiger partial charge on any atom is -0.322 e. The van der Waals surface area contributed by atoms with Gasteiger partial charge in [-0.1, -0.05) is 0 Å². The second kappa shape index (κ2) is 7.14. The van der Waals surface area contributed by atoms with E-state index in [2.05, 4.69) is 10.0 Å². The molecule has 0 spiro atoms. The number of nitrogens with one attached hydrogen (secondary N) is 2. The molecule has 1 aromatic carbocycles. The first-order valence-electron chi connectivity index (χ1n) is 7.16. The molecule has 0 atom stereocenters. The van der Waals surface area contributed by atoms with Crippen LogP contribution in [0.15, 0.2) is 18.2 Å². The predicted octanol–water partition coefficient (Wildman–Crippen LogP) is 1.46. The van der Waals surface area contributed by atoms with E-state index in [0.29, 0.717) is 6.07 Å². The SMILES string of the molecule is CNS(=O)(=O)N1CCN(C(=O)Nc2ccc(F)cc2C(F)(F)F)CC1. The van der Waals surface area contributed by atoms with Crippen molar-refractivity contribution in [3.05, 3.63) is 29.6 Å². The predicted molar refractivity (Wildman–Crippen MR) is 81.5 cm³/mol. The fraction of sp³-hybridized carbons (Fsp3) is 0.462. The molecule has 0 bridgehead atoms. The van der Waals surface area contributed by atoms with Gasteiger partial charge in [0.15, 0.2) is 0 Å². The second-order valence-corrected chi connectivity index (χ2v) is 7.09. The molecule has 2 rings (SSSR count). The van der Waals surface area contributed by atoms with Gasteiger partial charge in [0.2, 0.25) is 0 Å². The van der Waals surface area contributed by atoms with E-state index in [4.69, 9.17) is 0 Å². The Morgan fingerprint density at radius 2 is 1.76 bits per heavy atom. The summed E-state index contributed by atoms with van der Waals surface area (Å²) in [5.41, 5.74) is -1.86. The quantitative estimate of drug-likeness (QED) is 0.775. The Morgan fingerprint density at radius 1 is 1.16 bits per heavy atom. The van der Waals surface area contributed by atoms with Crippen molar-refractivity contribution in [2.75, 3.05) is 38.5 Å². The highest BCUT2D eigenvalue weighted by molar-refractivity contribution is 7.87. The minimum atomic E-state index is -4.83. The van der Waals surface area contributed by atoms with Crippen molar-refractivity contribution in [3.63, 3.8) is 0 Å². The van der Waals surface area contributed by atoms with Crippen molar-refractivity contribution in [3.8, 4) is 0 Å². The van der Waals surface area contributed by atoms with Crippen molar-refractivity contribution in [1.29, 1.82) is 0 Å². The molecule has 2 amide bonds. The van der Waals surface area contributed by atoms with Crippen LogP contribution in [0, 0.1) is 5.82 Å². The van der Waals surface area contributed by atoms with E-state index in [1.54, 1.807) is 0 Å². The largest absolute Gasteiger partial charge is 0.418 e.